The van der Waals surface area contributed by atoms with Crippen LogP contribution in [0.5, 0.6) is 0 Å². The Morgan fingerprint density at radius 1 is 1.32 bits per heavy atom. The molecule has 0 aliphatic carbocycles. The van der Waals surface area contributed by atoms with E-state index in [1.54, 1.807) is 4.57 Å². The van der Waals surface area contributed by atoms with Gasteiger partial charge in [-0.05, 0) is 36.6 Å². The Labute approximate surface area is 113 Å². The predicted molar refractivity (Wildman–Crippen MR) is 77.8 cm³/mol. The van der Waals surface area contributed by atoms with Gasteiger partial charge >= 0.3 is 5.69 Å². The lowest BCUT2D eigenvalue weighted by Gasteiger charge is -2.12. The van der Waals surface area contributed by atoms with Crippen molar-refractivity contribution < 1.29 is 0 Å². The van der Waals surface area contributed by atoms with Gasteiger partial charge in [0.1, 0.15) is 0 Å². The molecule has 0 radical (unpaired) electrons. The maximum Gasteiger partial charge on any atom is 0.329 e. The molecule has 3 rings (SSSR count). The van der Waals surface area contributed by atoms with E-state index in [0.717, 1.165) is 30.5 Å². The van der Waals surface area contributed by atoms with Crippen LogP contribution in [-0.2, 0) is 7.05 Å². The normalized spacial score (nSPS) is 19.7. The molecule has 2 heterocycles. The van der Waals surface area contributed by atoms with Crippen molar-refractivity contribution in [1.29, 1.82) is 0 Å². The molecule has 1 unspecified atom stereocenters. The fourth-order valence-electron chi connectivity index (χ4n) is 2.96. The number of nitrogens with one attached hydrogen (secondary N) is 1. The van der Waals surface area contributed by atoms with Gasteiger partial charge in [-0.25, -0.2) is 4.79 Å². The number of aromatic nitrogens is 2. The second-order valence-electron chi connectivity index (χ2n) is 5.76. The first kappa shape index (κ1) is 12.5. The first-order valence-corrected chi connectivity index (χ1v) is 7.01. The molecule has 0 amide bonds. The second kappa shape index (κ2) is 4.53. The fourth-order valence-corrected chi connectivity index (χ4v) is 2.96. The van der Waals surface area contributed by atoms with Crippen molar-refractivity contribution in [2.24, 2.45) is 7.05 Å². The standard InChI is InChI=1S/C15H21N3O/c1-10(2)11-4-5-13-14(8-11)18(15(19)17(13)3)12-6-7-16-9-12/h4-5,8,10,12,16H,6-7,9H2,1-3H3. The maximum atomic E-state index is 12.5. The van der Waals surface area contributed by atoms with E-state index in [0.29, 0.717) is 12.0 Å². The van der Waals surface area contributed by atoms with E-state index in [-0.39, 0.29) is 5.69 Å². The predicted octanol–water partition coefficient (Wildman–Crippen LogP) is 2.00. The van der Waals surface area contributed by atoms with Crippen LogP contribution in [0.3, 0.4) is 0 Å². The van der Waals surface area contributed by atoms with Gasteiger partial charge in [-0.3, -0.25) is 9.13 Å². The summed E-state index contributed by atoms with van der Waals surface area (Å²) in [6.45, 7) is 6.26. The van der Waals surface area contributed by atoms with Crippen LogP contribution in [0.4, 0.5) is 0 Å². The molecule has 19 heavy (non-hydrogen) atoms. The summed E-state index contributed by atoms with van der Waals surface area (Å²) in [6.07, 6.45) is 1.03. The lowest BCUT2D eigenvalue weighted by molar-refractivity contribution is 0.535. The lowest BCUT2D eigenvalue weighted by Crippen LogP contribution is -2.27. The van der Waals surface area contributed by atoms with Crippen molar-refractivity contribution in [3.05, 3.63) is 34.2 Å². The quantitative estimate of drug-likeness (QED) is 0.896. The summed E-state index contributed by atoms with van der Waals surface area (Å²) in [6, 6.07) is 6.67. The van der Waals surface area contributed by atoms with Crippen molar-refractivity contribution in [3.63, 3.8) is 0 Å². The Morgan fingerprint density at radius 2 is 2.11 bits per heavy atom. The minimum absolute atomic E-state index is 0.101. The monoisotopic (exact) mass is 259 g/mol. The number of hydrogen-bond acceptors (Lipinski definition) is 2. The summed E-state index contributed by atoms with van der Waals surface area (Å²) in [4.78, 5) is 12.5. The molecular formula is C15H21N3O. The average molecular weight is 259 g/mol. The lowest BCUT2D eigenvalue weighted by atomic mass is 10.0. The van der Waals surface area contributed by atoms with Gasteiger partial charge in [0.25, 0.3) is 0 Å². The van der Waals surface area contributed by atoms with Crippen LogP contribution < -0.4 is 11.0 Å². The molecule has 0 bridgehead atoms. The summed E-state index contributed by atoms with van der Waals surface area (Å²) in [5.74, 6) is 0.481. The van der Waals surface area contributed by atoms with E-state index < -0.39 is 0 Å². The van der Waals surface area contributed by atoms with Gasteiger partial charge in [0.2, 0.25) is 0 Å². The van der Waals surface area contributed by atoms with Gasteiger partial charge in [-0.1, -0.05) is 19.9 Å². The number of rotatable bonds is 2. The number of hydrogen-bond donors (Lipinski definition) is 1. The molecule has 0 spiro atoms. The van der Waals surface area contributed by atoms with Gasteiger partial charge in [0.15, 0.2) is 0 Å². The Kier molecular flexibility index (Phi) is 2.97. The number of aryl methyl sites for hydroxylation is 1. The van der Waals surface area contributed by atoms with E-state index in [1.807, 2.05) is 11.6 Å². The summed E-state index contributed by atoms with van der Waals surface area (Å²) in [5, 5.41) is 3.34. The zero-order chi connectivity index (χ0) is 13.6. The van der Waals surface area contributed by atoms with Gasteiger partial charge in [-0.2, -0.15) is 0 Å². The second-order valence-corrected chi connectivity index (χ2v) is 5.76. The number of imidazole rings is 1. The molecule has 2 aromatic rings. The van der Waals surface area contributed by atoms with Crippen molar-refractivity contribution >= 4 is 11.0 Å². The van der Waals surface area contributed by atoms with Crippen LogP contribution >= 0.6 is 0 Å². The molecule has 102 valence electrons. The van der Waals surface area contributed by atoms with Crippen molar-refractivity contribution in [2.45, 2.75) is 32.2 Å². The summed E-state index contributed by atoms with van der Waals surface area (Å²) in [5.41, 5.74) is 3.50. The SMILES string of the molecule is CC(C)c1ccc2c(c1)n(C1CCNC1)c(=O)n2C. The summed E-state index contributed by atoms with van der Waals surface area (Å²) in [7, 11) is 1.86. The summed E-state index contributed by atoms with van der Waals surface area (Å²) < 4.78 is 3.74. The van der Waals surface area contributed by atoms with Gasteiger partial charge in [0.05, 0.1) is 17.1 Å². The Balaban J connectivity index is 2.26. The third kappa shape index (κ3) is 1.91. The molecule has 1 saturated heterocycles. The van der Waals surface area contributed by atoms with Crippen molar-refractivity contribution in [3.8, 4) is 0 Å². The maximum absolute atomic E-state index is 12.5. The highest BCUT2D eigenvalue weighted by Crippen LogP contribution is 2.24. The Bertz CT molecular complexity index is 660. The van der Waals surface area contributed by atoms with Crippen LogP contribution in [0.1, 0.15) is 37.8 Å². The Morgan fingerprint density at radius 3 is 2.74 bits per heavy atom. The highest BCUT2D eigenvalue weighted by atomic mass is 16.1. The van der Waals surface area contributed by atoms with Gasteiger partial charge < -0.3 is 5.32 Å². The van der Waals surface area contributed by atoms with Crippen molar-refractivity contribution in [1.82, 2.24) is 14.5 Å². The van der Waals surface area contributed by atoms with E-state index in [1.165, 1.54) is 5.56 Å². The highest BCUT2D eigenvalue weighted by molar-refractivity contribution is 5.77. The van der Waals surface area contributed by atoms with Crippen LogP contribution in [0.25, 0.3) is 11.0 Å². The van der Waals surface area contributed by atoms with E-state index in [2.05, 4.69) is 37.4 Å². The zero-order valence-corrected chi connectivity index (χ0v) is 11.8. The molecule has 1 aromatic carbocycles. The molecule has 1 aliphatic heterocycles. The van der Waals surface area contributed by atoms with E-state index >= 15 is 0 Å². The zero-order valence-electron chi connectivity index (χ0n) is 11.8. The molecule has 1 N–H and O–H groups in total. The van der Waals surface area contributed by atoms with E-state index in [9.17, 15) is 4.79 Å². The first-order chi connectivity index (χ1) is 9.09. The topological polar surface area (TPSA) is 39.0 Å². The van der Waals surface area contributed by atoms with Crippen molar-refractivity contribution in [2.75, 3.05) is 13.1 Å². The molecular weight excluding hydrogens is 238 g/mol. The third-order valence-corrected chi connectivity index (χ3v) is 4.18. The molecule has 4 heteroatoms. The van der Waals surface area contributed by atoms with Crippen LogP contribution in [-0.4, -0.2) is 22.2 Å². The molecule has 1 aliphatic rings. The van der Waals surface area contributed by atoms with Crippen LogP contribution in [0.15, 0.2) is 23.0 Å². The van der Waals surface area contributed by atoms with Crippen LogP contribution in [0.2, 0.25) is 0 Å². The van der Waals surface area contributed by atoms with Gasteiger partial charge in [0, 0.05) is 13.6 Å². The largest absolute Gasteiger partial charge is 0.329 e. The number of fused-ring (bicyclic) bond motifs is 1. The number of benzene rings is 1. The fraction of sp³-hybridized carbons (Fsp3) is 0.533. The Hall–Kier alpha value is -1.55. The minimum atomic E-state index is 0.101. The van der Waals surface area contributed by atoms with E-state index in [4.69, 9.17) is 0 Å². The molecule has 1 aromatic heterocycles. The van der Waals surface area contributed by atoms with Crippen LogP contribution in [0, 0.1) is 0 Å². The molecule has 4 nitrogen and oxygen atoms in total. The highest BCUT2D eigenvalue weighted by Gasteiger charge is 2.22. The molecule has 0 saturated carbocycles. The molecule has 1 fully saturated rings. The van der Waals surface area contributed by atoms with Gasteiger partial charge in [-0.15, -0.1) is 0 Å². The minimum Gasteiger partial charge on any atom is -0.315 e. The summed E-state index contributed by atoms with van der Waals surface area (Å²) >= 11 is 0. The smallest absolute Gasteiger partial charge is 0.315 e. The molecule has 1 atom stereocenters. The number of nitrogens with zero attached hydrogens (tertiary/aromatic N) is 2. The first-order valence-electron chi connectivity index (χ1n) is 7.01. The third-order valence-electron chi connectivity index (χ3n) is 4.18. The average Bonchev–Trinajstić information content (AvgIpc) is 2.98.